The first-order chi connectivity index (χ1) is 8.69. The Morgan fingerprint density at radius 1 is 1.44 bits per heavy atom. The summed E-state index contributed by atoms with van der Waals surface area (Å²) in [5, 5.41) is 4.39. The third-order valence-corrected chi connectivity index (χ3v) is 5.24. The zero-order valence-corrected chi connectivity index (χ0v) is 12.3. The van der Waals surface area contributed by atoms with E-state index in [0.717, 1.165) is 12.8 Å². The van der Waals surface area contributed by atoms with Crippen LogP contribution in [0.4, 0.5) is 0 Å². The highest BCUT2D eigenvalue weighted by Crippen LogP contribution is 2.37. The van der Waals surface area contributed by atoms with Gasteiger partial charge in [-0.2, -0.15) is 11.3 Å². The molecule has 1 aliphatic carbocycles. The molecule has 0 spiro atoms. The largest absolute Gasteiger partial charge is 0.302 e. The van der Waals surface area contributed by atoms with Gasteiger partial charge < -0.3 is 4.90 Å². The van der Waals surface area contributed by atoms with Crippen LogP contribution >= 0.6 is 11.3 Å². The molecule has 1 saturated carbocycles. The van der Waals surface area contributed by atoms with Gasteiger partial charge in [-0.25, -0.2) is 0 Å². The first-order valence-electron chi connectivity index (χ1n) is 6.84. The number of rotatable bonds is 6. The Balaban J connectivity index is 2.02. The minimum absolute atomic E-state index is 0.255. The molecule has 3 nitrogen and oxygen atoms in total. The smallest absolute Gasteiger partial charge is 0.0397 e. The summed E-state index contributed by atoms with van der Waals surface area (Å²) in [5.41, 5.74) is 4.78. The molecule has 2 rings (SSSR count). The van der Waals surface area contributed by atoms with Crippen LogP contribution in [0.5, 0.6) is 0 Å². The minimum atomic E-state index is 0.255. The molecule has 3 N–H and O–H groups in total. The predicted octanol–water partition coefficient (Wildman–Crippen LogP) is 2.39. The fraction of sp³-hybridized carbons (Fsp3) is 0.714. The van der Waals surface area contributed by atoms with Gasteiger partial charge in [-0.3, -0.25) is 11.3 Å². The molecule has 0 saturated heterocycles. The summed E-state index contributed by atoms with van der Waals surface area (Å²) in [6.07, 6.45) is 7.42. The molecule has 0 bridgehead atoms. The van der Waals surface area contributed by atoms with E-state index in [-0.39, 0.29) is 5.54 Å². The molecule has 0 aromatic carbocycles. The maximum atomic E-state index is 5.84. The second-order valence-electron chi connectivity index (χ2n) is 5.59. The lowest BCUT2D eigenvalue weighted by atomic mass is 9.84. The predicted molar refractivity (Wildman–Crippen MR) is 78.6 cm³/mol. The first-order valence-corrected chi connectivity index (χ1v) is 7.78. The number of nitrogens with one attached hydrogen (secondary N) is 1. The number of hydrazine groups is 1. The van der Waals surface area contributed by atoms with Gasteiger partial charge >= 0.3 is 0 Å². The number of nitrogens with zero attached hydrogens (tertiary/aromatic N) is 1. The minimum Gasteiger partial charge on any atom is -0.302 e. The van der Waals surface area contributed by atoms with Crippen molar-refractivity contribution in [1.29, 1.82) is 0 Å². The molecule has 0 amide bonds. The van der Waals surface area contributed by atoms with Gasteiger partial charge in [-0.05, 0) is 62.2 Å². The number of aryl methyl sites for hydroxylation is 1. The van der Waals surface area contributed by atoms with E-state index in [1.807, 2.05) is 0 Å². The molecule has 1 aliphatic rings. The van der Waals surface area contributed by atoms with Gasteiger partial charge in [0.25, 0.3) is 0 Å². The van der Waals surface area contributed by atoms with Crippen molar-refractivity contribution in [1.82, 2.24) is 10.3 Å². The van der Waals surface area contributed by atoms with E-state index >= 15 is 0 Å². The van der Waals surface area contributed by atoms with Crippen LogP contribution in [-0.4, -0.2) is 30.6 Å². The van der Waals surface area contributed by atoms with Crippen LogP contribution in [0.15, 0.2) is 16.8 Å². The molecule has 1 aromatic rings. The summed E-state index contributed by atoms with van der Waals surface area (Å²) in [7, 11) is 4.39. The normalized spacial score (nSPS) is 20.4. The SMILES string of the molecule is CN(C)C1(C(CCc2ccsc2)NN)CCCC1. The molecule has 1 atom stereocenters. The molecule has 1 unspecified atom stereocenters. The fourth-order valence-electron chi connectivity index (χ4n) is 3.35. The van der Waals surface area contributed by atoms with Gasteiger partial charge in [0.15, 0.2) is 0 Å². The van der Waals surface area contributed by atoms with E-state index in [4.69, 9.17) is 5.84 Å². The third-order valence-electron chi connectivity index (χ3n) is 4.51. The quantitative estimate of drug-likeness (QED) is 0.614. The summed E-state index contributed by atoms with van der Waals surface area (Å²) >= 11 is 1.77. The van der Waals surface area contributed by atoms with Gasteiger partial charge in [0.05, 0.1) is 0 Å². The highest BCUT2D eigenvalue weighted by molar-refractivity contribution is 7.07. The lowest BCUT2D eigenvalue weighted by Gasteiger charge is -2.43. The second-order valence-corrected chi connectivity index (χ2v) is 6.37. The molecule has 1 aromatic heterocycles. The average Bonchev–Trinajstić information content (AvgIpc) is 3.00. The standard InChI is InChI=1S/C14H25N3S/c1-17(2)14(8-3-4-9-14)13(16-15)6-5-12-7-10-18-11-12/h7,10-11,13,16H,3-6,8-9,15H2,1-2H3. The van der Waals surface area contributed by atoms with E-state index in [1.54, 1.807) is 11.3 Å². The Labute approximate surface area is 114 Å². The van der Waals surface area contributed by atoms with Crippen molar-refractivity contribution in [3.8, 4) is 0 Å². The van der Waals surface area contributed by atoms with Crippen LogP contribution in [0.1, 0.15) is 37.7 Å². The Bertz CT molecular complexity index is 342. The van der Waals surface area contributed by atoms with Crippen LogP contribution < -0.4 is 11.3 Å². The molecular weight excluding hydrogens is 242 g/mol. The van der Waals surface area contributed by atoms with Crippen molar-refractivity contribution in [3.05, 3.63) is 22.4 Å². The molecule has 18 heavy (non-hydrogen) atoms. The van der Waals surface area contributed by atoms with Gasteiger partial charge in [0, 0.05) is 11.6 Å². The van der Waals surface area contributed by atoms with Crippen LogP contribution in [0.3, 0.4) is 0 Å². The lowest BCUT2D eigenvalue weighted by molar-refractivity contribution is 0.100. The van der Waals surface area contributed by atoms with E-state index in [1.165, 1.54) is 31.2 Å². The van der Waals surface area contributed by atoms with Crippen molar-refractivity contribution in [2.75, 3.05) is 14.1 Å². The van der Waals surface area contributed by atoms with E-state index < -0.39 is 0 Å². The highest BCUT2D eigenvalue weighted by Gasteiger charge is 2.42. The van der Waals surface area contributed by atoms with E-state index in [2.05, 4.69) is 41.2 Å². The van der Waals surface area contributed by atoms with Gasteiger partial charge in [-0.1, -0.05) is 12.8 Å². The summed E-state index contributed by atoms with van der Waals surface area (Å²) in [5.74, 6) is 5.84. The average molecular weight is 267 g/mol. The summed E-state index contributed by atoms with van der Waals surface area (Å²) in [6, 6.07) is 2.60. The van der Waals surface area contributed by atoms with E-state index in [9.17, 15) is 0 Å². The number of hydrogen-bond donors (Lipinski definition) is 2. The Morgan fingerprint density at radius 3 is 2.67 bits per heavy atom. The Kier molecular flexibility index (Phi) is 4.78. The number of likely N-dealkylation sites (N-methyl/N-ethyl adjacent to an activating group) is 1. The van der Waals surface area contributed by atoms with Crippen LogP contribution in [0.2, 0.25) is 0 Å². The number of nitrogens with two attached hydrogens (primary N) is 1. The molecule has 1 heterocycles. The second kappa shape index (κ2) is 6.15. The maximum absolute atomic E-state index is 5.84. The van der Waals surface area contributed by atoms with Crippen molar-refractivity contribution in [2.24, 2.45) is 5.84 Å². The molecule has 0 radical (unpaired) electrons. The summed E-state index contributed by atoms with van der Waals surface area (Å²) < 4.78 is 0. The summed E-state index contributed by atoms with van der Waals surface area (Å²) in [6.45, 7) is 0. The molecule has 102 valence electrons. The molecule has 4 heteroatoms. The lowest BCUT2D eigenvalue weighted by Crippen LogP contribution is -2.59. The van der Waals surface area contributed by atoms with Crippen LogP contribution in [0.25, 0.3) is 0 Å². The van der Waals surface area contributed by atoms with Crippen LogP contribution in [-0.2, 0) is 6.42 Å². The topological polar surface area (TPSA) is 41.3 Å². The zero-order chi connectivity index (χ0) is 13.0. The number of hydrogen-bond acceptors (Lipinski definition) is 4. The van der Waals surface area contributed by atoms with Crippen molar-refractivity contribution in [3.63, 3.8) is 0 Å². The maximum Gasteiger partial charge on any atom is 0.0397 e. The molecular formula is C14H25N3S. The van der Waals surface area contributed by atoms with Gasteiger partial charge in [0.2, 0.25) is 0 Å². The summed E-state index contributed by atoms with van der Waals surface area (Å²) in [4.78, 5) is 2.39. The van der Waals surface area contributed by atoms with E-state index in [0.29, 0.717) is 6.04 Å². The molecule has 1 fully saturated rings. The monoisotopic (exact) mass is 267 g/mol. The number of thiophene rings is 1. The zero-order valence-electron chi connectivity index (χ0n) is 11.5. The first kappa shape index (κ1) is 14.0. The fourth-order valence-corrected chi connectivity index (χ4v) is 4.05. The Morgan fingerprint density at radius 2 is 2.17 bits per heavy atom. The van der Waals surface area contributed by atoms with Gasteiger partial charge in [0.1, 0.15) is 0 Å². The van der Waals surface area contributed by atoms with Crippen molar-refractivity contribution < 1.29 is 0 Å². The van der Waals surface area contributed by atoms with Crippen LogP contribution in [0, 0.1) is 0 Å². The Hall–Kier alpha value is -0.420. The van der Waals surface area contributed by atoms with Gasteiger partial charge in [-0.15, -0.1) is 0 Å². The molecule has 0 aliphatic heterocycles. The highest BCUT2D eigenvalue weighted by atomic mass is 32.1. The third kappa shape index (κ3) is 2.77. The van der Waals surface area contributed by atoms with Crippen molar-refractivity contribution in [2.45, 2.75) is 50.1 Å². The van der Waals surface area contributed by atoms with Crippen molar-refractivity contribution >= 4 is 11.3 Å².